The Labute approximate surface area is 244 Å². The van der Waals surface area contributed by atoms with E-state index < -0.39 is 72.1 Å². The molecule has 0 radical (unpaired) electrons. The number of aliphatic carboxylic acids is 1. The maximum Gasteiger partial charge on any atom is 0.305 e. The molecule has 0 bridgehead atoms. The van der Waals surface area contributed by atoms with Gasteiger partial charge < -0.3 is 36.4 Å². The maximum atomic E-state index is 13.6. The summed E-state index contributed by atoms with van der Waals surface area (Å²) in [5.74, 6) is -5.05. The van der Waals surface area contributed by atoms with E-state index in [1.165, 1.54) is 17.0 Å². The molecule has 1 aromatic rings. The zero-order valence-corrected chi connectivity index (χ0v) is 24.4. The summed E-state index contributed by atoms with van der Waals surface area (Å²) in [5.41, 5.74) is 0.571. The van der Waals surface area contributed by atoms with E-state index in [1.54, 1.807) is 26.0 Å². The van der Waals surface area contributed by atoms with Gasteiger partial charge in [0.1, 0.15) is 36.0 Å². The van der Waals surface area contributed by atoms with Crippen LogP contribution in [0.25, 0.3) is 0 Å². The van der Waals surface area contributed by atoms with Crippen LogP contribution in [0, 0.1) is 11.8 Å². The molecular weight excluding hydrogens is 546 g/mol. The largest absolute Gasteiger partial charge is 0.508 e. The van der Waals surface area contributed by atoms with Crippen molar-refractivity contribution >= 4 is 35.5 Å². The Morgan fingerprint density at radius 1 is 0.857 bits per heavy atom. The molecule has 13 heteroatoms. The van der Waals surface area contributed by atoms with Crippen LogP contribution in [0.4, 0.5) is 0 Å². The van der Waals surface area contributed by atoms with Crippen molar-refractivity contribution in [2.75, 3.05) is 6.54 Å². The predicted molar refractivity (Wildman–Crippen MR) is 151 cm³/mol. The van der Waals surface area contributed by atoms with Gasteiger partial charge in [-0.15, -0.1) is 0 Å². The van der Waals surface area contributed by atoms with Crippen molar-refractivity contribution in [3.05, 3.63) is 29.8 Å². The Balaban J connectivity index is 2.05. The Hall–Kier alpha value is -4.16. The number of nitrogens with zero attached hydrogens (tertiary/aromatic N) is 1. The zero-order chi connectivity index (χ0) is 31.1. The molecule has 2 heterocycles. The van der Waals surface area contributed by atoms with Crippen LogP contribution in [0.3, 0.4) is 0 Å². The molecule has 0 spiro atoms. The van der Waals surface area contributed by atoms with Gasteiger partial charge in [-0.3, -0.25) is 28.8 Å². The Morgan fingerprint density at radius 3 is 2.02 bits per heavy atom. The summed E-state index contributed by atoms with van der Waals surface area (Å²) in [4.78, 5) is 80.5. The van der Waals surface area contributed by atoms with Gasteiger partial charge >= 0.3 is 5.97 Å². The molecule has 5 amide bonds. The molecule has 13 nitrogen and oxygen atoms in total. The number of carbonyl (C=O) groups excluding carboxylic acids is 5. The van der Waals surface area contributed by atoms with Gasteiger partial charge in [0.05, 0.1) is 6.42 Å². The second-order valence-corrected chi connectivity index (χ2v) is 11.7. The van der Waals surface area contributed by atoms with E-state index in [0.29, 0.717) is 18.4 Å². The number of phenolic OH excluding ortho intramolecular Hbond substituents is 1. The highest BCUT2D eigenvalue weighted by molar-refractivity contribution is 5.99. The molecule has 2 aliphatic rings. The fraction of sp³-hybridized carbons (Fsp3) is 0.586. The lowest BCUT2D eigenvalue weighted by Crippen LogP contribution is -2.59. The molecule has 6 N–H and O–H groups in total. The summed E-state index contributed by atoms with van der Waals surface area (Å²) in [6.07, 6.45) is 0.252. The summed E-state index contributed by atoms with van der Waals surface area (Å²) < 4.78 is 0. The lowest BCUT2D eigenvalue weighted by atomic mass is 9.98. The van der Waals surface area contributed by atoms with E-state index >= 15 is 0 Å². The number of phenols is 1. The van der Waals surface area contributed by atoms with Gasteiger partial charge in [0.2, 0.25) is 29.5 Å². The van der Waals surface area contributed by atoms with Gasteiger partial charge in [0, 0.05) is 13.0 Å². The summed E-state index contributed by atoms with van der Waals surface area (Å²) >= 11 is 0. The average Bonchev–Trinajstić information content (AvgIpc) is 3.40. The molecule has 2 fully saturated rings. The fourth-order valence-electron chi connectivity index (χ4n) is 5.23. The highest BCUT2D eigenvalue weighted by Crippen LogP contribution is 2.21. The zero-order valence-electron chi connectivity index (χ0n) is 24.4. The number of hydrogen-bond donors (Lipinski definition) is 6. The van der Waals surface area contributed by atoms with Crippen LogP contribution in [-0.4, -0.2) is 87.4 Å². The molecular formula is C29H41N5O8. The van der Waals surface area contributed by atoms with Gasteiger partial charge in [-0.2, -0.15) is 0 Å². The third-order valence-corrected chi connectivity index (χ3v) is 7.43. The molecule has 0 aliphatic carbocycles. The van der Waals surface area contributed by atoms with E-state index in [4.69, 9.17) is 0 Å². The number of rotatable bonds is 7. The van der Waals surface area contributed by atoms with Crippen LogP contribution < -0.4 is 21.3 Å². The lowest BCUT2D eigenvalue weighted by Gasteiger charge is -2.32. The van der Waals surface area contributed by atoms with Crippen molar-refractivity contribution in [1.82, 2.24) is 26.2 Å². The van der Waals surface area contributed by atoms with Gasteiger partial charge in [-0.05, 0) is 48.8 Å². The van der Waals surface area contributed by atoms with E-state index in [-0.39, 0.29) is 37.0 Å². The van der Waals surface area contributed by atoms with E-state index in [9.17, 15) is 39.0 Å². The molecule has 0 aromatic heterocycles. The number of amides is 5. The maximum absolute atomic E-state index is 13.6. The first-order valence-corrected chi connectivity index (χ1v) is 14.3. The summed E-state index contributed by atoms with van der Waals surface area (Å²) in [6, 6.07) is 0.196. The van der Waals surface area contributed by atoms with Crippen molar-refractivity contribution in [2.45, 2.75) is 90.0 Å². The predicted octanol–water partition coefficient (Wildman–Crippen LogP) is 0.0553. The van der Waals surface area contributed by atoms with Crippen LogP contribution >= 0.6 is 0 Å². The fourth-order valence-corrected chi connectivity index (χ4v) is 5.23. The van der Waals surface area contributed by atoms with Gasteiger partial charge in [0.15, 0.2) is 0 Å². The molecule has 1 aromatic carbocycles. The van der Waals surface area contributed by atoms with Crippen LogP contribution in [0.15, 0.2) is 24.3 Å². The van der Waals surface area contributed by atoms with Crippen molar-refractivity contribution < 1.29 is 39.0 Å². The summed E-state index contributed by atoms with van der Waals surface area (Å²) in [5, 5.41) is 29.7. The SMILES string of the molecule is CC(C)C[C@H]1NC(=O)[C@H](Cc2ccc(O)cc2)NC(=O)[C@H](CC(=O)O)NC(=O)[C@H]2CCCN2C(=O)[C@H](C(C)C)NC1=O. The van der Waals surface area contributed by atoms with Crippen molar-refractivity contribution in [1.29, 1.82) is 0 Å². The average molecular weight is 588 g/mol. The van der Waals surface area contributed by atoms with Gasteiger partial charge in [-0.25, -0.2) is 0 Å². The van der Waals surface area contributed by atoms with Gasteiger partial charge in [0.25, 0.3) is 0 Å². The van der Waals surface area contributed by atoms with E-state index in [0.717, 1.165) is 0 Å². The topological polar surface area (TPSA) is 194 Å². The van der Waals surface area contributed by atoms with Crippen LogP contribution in [-0.2, 0) is 35.2 Å². The number of carboxylic acids is 1. The Bertz CT molecular complexity index is 1180. The van der Waals surface area contributed by atoms with Crippen molar-refractivity contribution in [3.63, 3.8) is 0 Å². The van der Waals surface area contributed by atoms with Crippen molar-refractivity contribution in [2.24, 2.45) is 11.8 Å². The molecule has 5 atom stereocenters. The number of carboxylic acid groups (broad SMARTS) is 1. The second kappa shape index (κ2) is 14.1. The van der Waals surface area contributed by atoms with Crippen LogP contribution in [0.5, 0.6) is 5.75 Å². The molecule has 42 heavy (non-hydrogen) atoms. The van der Waals surface area contributed by atoms with E-state index in [2.05, 4.69) is 21.3 Å². The summed E-state index contributed by atoms with van der Waals surface area (Å²) in [6.45, 7) is 7.53. The molecule has 2 saturated heterocycles. The molecule has 2 aliphatic heterocycles. The van der Waals surface area contributed by atoms with E-state index in [1.807, 2.05) is 13.8 Å². The normalized spacial score (nSPS) is 26.1. The third kappa shape index (κ3) is 8.43. The van der Waals surface area contributed by atoms with Crippen LogP contribution in [0.1, 0.15) is 58.9 Å². The number of nitrogens with one attached hydrogen (secondary N) is 4. The Kier molecular flexibility index (Phi) is 10.9. The highest BCUT2D eigenvalue weighted by atomic mass is 16.4. The summed E-state index contributed by atoms with van der Waals surface area (Å²) in [7, 11) is 0. The minimum Gasteiger partial charge on any atom is -0.508 e. The van der Waals surface area contributed by atoms with Crippen LogP contribution in [0.2, 0.25) is 0 Å². The smallest absolute Gasteiger partial charge is 0.305 e. The molecule has 0 saturated carbocycles. The first kappa shape index (κ1) is 32.4. The standard InChI is InChI=1S/C29H41N5O8/c1-15(2)12-19-27(40)33-24(16(3)4)29(42)34-11-5-6-22(34)28(41)32-21(14-23(36)37)26(39)31-20(25(38)30-19)13-17-7-9-18(35)10-8-17/h7-10,15-16,19-22,24,35H,5-6,11-14H2,1-4H3,(H,30,38)(H,31,39)(H,32,41)(H,33,40)(H,36,37)/t19-,20+,21+,22-,24+/m1/s1. The quantitative estimate of drug-likeness (QED) is 0.258. The lowest BCUT2D eigenvalue weighted by molar-refractivity contribution is -0.144. The molecule has 3 rings (SSSR count). The van der Waals surface area contributed by atoms with Crippen molar-refractivity contribution in [3.8, 4) is 5.75 Å². The monoisotopic (exact) mass is 587 g/mol. The molecule has 230 valence electrons. The number of fused-ring (bicyclic) bond motifs is 1. The number of benzene rings is 1. The first-order chi connectivity index (χ1) is 19.8. The highest BCUT2D eigenvalue weighted by Gasteiger charge is 2.41. The number of aromatic hydroxyl groups is 1. The third-order valence-electron chi connectivity index (χ3n) is 7.43. The number of carbonyl (C=O) groups is 6. The second-order valence-electron chi connectivity index (χ2n) is 11.7. The minimum atomic E-state index is -1.53. The van der Waals surface area contributed by atoms with Gasteiger partial charge in [-0.1, -0.05) is 39.8 Å². The number of hydrogen-bond acceptors (Lipinski definition) is 7. The molecule has 0 unspecified atom stereocenters. The first-order valence-electron chi connectivity index (χ1n) is 14.3. The Morgan fingerprint density at radius 2 is 1.43 bits per heavy atom. The minimum absolute atomic E-state index is 0.00224.